The summed E-state index contributed by atoms with van der Waals surface area (Å²) in [6.45, 7) is 0.764. The fraction of sp³-hybridized carbons (Fsp3) is 0.520. The van der Waals surface area contributed by atoms with Gasteiger partial charge < -0.3 is 15.4 Å². The number of rotatable bonds is 8. The van der Waals surface area contributed by atoms with Crippen molar-refractivity contribution >= 4 is 34.4 Å². The van der Waals surface area contributed by atoms with Crippen LogP contribution in [-0.2, 0) is 19.1 Å². The number of ether oxygens (including phenoxy) is 1. The molecule has 2 aromatic rings. The Bertz CT molecular complexity index is 1080. The topological polar surface area (TPSA) is 113 Å². The molecular formula is C25H31N5O4. The van der Waals surface area contributed by atoms with E-state index in [1.807, 2.05) is 36.4 Å². The third-order valence-corrected chi connectivity index (χ3v) is 6.97. The molecule has 3 N–H and O–H groups in total. The van der Waals surface area contributed by atoms with Gasteiger partial charge in [-0.15, -0.1) is 0 Å². The van der Waals surface area contributed by atoms with Crippen LogP contribution in [0, 0.1) is 5.92 Å². The molecule has 0 bridgehead atoms. The number of fused-ring (bicyclic) bond motifs is 3. The van der Waals surface area contributed by atoms with Crippen molar-refractivity contribution in [1.82, 2.24) is 20.5 Å². The number of nitrogens with zero attached hydrogens (tertiary/aromatic N) is 2. The second-order valence-corrected chi connectivity index (χ2v) is 9.37. The van der Waals surface area contributed by atoms with E-state index in [0.29, 0.717) is 25.3 Å². The number of nitrogens with one attached hydrogen (secondary N) is 3. The summed E-state index contributed by atoms with van der Waals surface area (Å²) in [5.41, 5.74) is 0.864. The number of hydrogen-bond donors (Lipinski definition) is 3. The Labute approximate surface area is 198 Å². The predicted molar refractivity (Wildman–Crippen MR) is 126 cm³/mol. The lowest BCUT2D eigenvalue weighted by Gasteiger charge is -2.44. The molecule has 5 rings (SSSR count). The van der Waals surface area contributed by atoms with E-state index in [-0.39, 0.29) is 48.6 Å². The van der Waals surface area contributed by atoms with Gasteiger partial charge in [-0.25, -0.2) is 4.98 Å². The summed E-state index contributed by atoms with van der Waals surface area (Å²) < 4.78 is 6.06. The van der Waals surface area contributed by atoms with Crippen LogP contribution in [0.2, 0.25) is 0 Å². The molecule has 1 aliphatic carbocycles. The average Bonchev–Trinajstić information content (AvgIpc) is 3.22. The van der Waals surface area contributed by atoms with Crippen molar-refractivity contribution in [2.45, 2.75) is 63.4 Å². The first kappa shape index (κ1) is 22.7. The Morgan fingerprint density at radius 3 is 2.91 bits per heavy atom. The van der Waals surface area contributed by atoms with Crippen LogP contribution < -0.4 is 16.0 Å². The fourth-order valence-corrected chi connectivity index (χ4v) is 5.19. The van der Waals surface area contributed by atoms with Gasteiger partial charge >= 0.3 is 0 Å². The molecule has 2 saturated heterocycles. The third-order valence-electron chi connectivity index (χ3n) is 6.97. The van der Waals surface area contributed by atoms with Crippen LogP contribution in [-0.4, -0.2) is 59.2 Å². The number of para-hydroxylation sites is 1. The van der Waals surface area contributed by atoms with Crippen molar-refractivity contribution in [2.24, 2.45) is 5.92 Å². The second kappa shape index (κ2) is 10.1. The van der Waals surface area contributed by atoms with E-state index in [0.717, 1.165) is 43.0 Å². The Morgan fingerprint density at radius 1 is 1.12 bits per heavy atom. The highest BCUT2D eigenvalue weighted by molar-refractivity contribution is 5.91. The van der Waals surface area contributed by atoms with Gasteiger partial charge in [-0.1, -0.05) is 24.6 Å². The molecule has 3 amide bonds. The van der Waals surface area contributed by atoms with Crippen LogP contribution in [0.15, 0.2) is 36.4 Å². The van der Waals surface area contributed by atoms with Crippen LogP contribution in [0.5, 0.6) is 0 Å². The molecule has 1 saturated carbocycles. The van der Waals surface area contributed by atoms with Gasteiger partial charge in [0.25, 0.3) is 0 Å². The standard InChI is InChI=1S/C25H31N5O4/c31-22(28-21-12-9-16-6-3-4-7-19(16)26-21)8-2-1-5-13-34-17-10-11-20-18(14-17)24(33)30-15-23(32)29-25(30)27-20/h3-4,6-7,9,12,17-18,20,25,27H,1-2,5,8,10-11,13-15H2,(H,29,32)(H,26,28,31). The lowest BCUT2D eigenvalue weighted by atomic mass is 9.80. The molecule has 4 atom stereocenters. The van der Waals surface area contributed by atoms with Crippen molar-refractivity contribution in [2.75, 3.05) is 18.5 Å². The second-order valence-electron chi connectivity index (χ2n) is 9.37. The highest BCUT2D eigenvalue weighted by Crippen LogP contribution is 2.32. The van der Waals surface area contributed by atoms with Crippen LogP contribution in [0.4, 0.5) is 5.82 Å². The maximum absolute atomic E-state index is 12.8. The smallest absolute Gasteiger partial charge is 0.242 e. The molecule has 2 aliphatic heterocycles. The van der Waals surface area contributed by atoms with Crippen molar-refractivity contribution in [1.29, 1.82) is 0 Å². The molecule has 0 radical (unpaired) electrons. The minimum atomic E-state index is -0.354. The third kappa shape index (κ3) is 5.05. The van der Waals surface area contributed by atoms with Gasteiger partial charge in [-0.05, 0) is 50.3 Å². The van der Waals surface area contributed by atoms with Gasteiger partial charge in [0.2, 0.25) is 17.7 Å². The quantitative estimate of drug-likeness (QED) is 0.515. The van der Waals surface area contributed by atoms with Crippen molar-refractivity contribution in [3.8, 4) is 0 Å². The zero-order valence-electron chi connectivity index (χ0n) is 19.2. The van der Waals surface area contributed by atoms with Gasteiger partial charge in [0.05, 0.1) is 17.5 Å². The molecule has 4 unspecified atom stereocenters. The van der Waals surface area contributed by atoms with Crippen LogP contribution in [0.3, 0.4) is 0 Å². The highest BCUT2D eigenvalue weighted by Gasteiger charge is 2.47. The van der Waals surface area contributed by atoms with E-state index in [1.54, 1.807) is 4.90 Å². The van der Waals surface area contributed by atoms with Gasteiger partial charge in [-0.3, -0.25) is 24.6 Å². The van der Waals surface area contributed by atoms with Crippen molar-refractivity contribution in [3.05, 3.63) is 36.4 Å². The van der Waals surface area contributed by atoms with Crippen LogP contribution in [0.25, 0.3) is 10.9 Å². The maximum Gasteiger partial charge on any atom is 0.242 e. The van der Waals surface area contributed by atoms with Crippen LogP contribution >= 0.6 is 0 Å². The SMILES string of the molecule is O=C(CCCCCOC1CCC2NC3NC(=O)CN3C(=O)C2C1)Nc1ccc2ccccc2n1. The van der Waals surface area contributed by atoms with Gasteiger partial charge in [0.1, 0.15) is 12.4 Å². The van der Waals surface area contributed by atoms with E-state index >= 15 is 0 Å². The Hall–Kier alpha value is -3.04. The summed E-state index contributed by atoms with van der Waals surface area (Å²) in [5, 5.41) is 10.1. The summed E-state index contributed by atoms with van der Waals surface area (Å²) >= 11 is 0. The maximum atomic E-state index is 12.8. The molecule has 3 heterocycles. The normalized spacial score (nSPS) is 26.2. The molecule has 1 aromatic carbocycles. The number of amides is 3. The summed E-state index contributed by atoms with van der Waals surface area (Å²) in [6, 6.07) is 11.7. The molecule has 9 heteroatoms. The van der Waals surface area contributed by atoms with Gasteiger partial charge in [0.15, 0.2) is 6.29 Å². The number of anilines is 1. The van der Waals surface area contributed by atoms with Gasteiger partial charge in [-0.2, -0.15) is 0 Å². The van der Waals surface area contributed by atoms with Crippen LogP contribution in [0.1, 0.15) is 44.9 Å². The largest absolute Gasteiger partial charge is 0.378 e. The summed E-state index contributed by atoms with van der Waals surface area (Å²) in [6.07, 6.45) is 5.20. The van der Waals surface area contributed by atoms with Gasteiger partial charge in [0, 0.05) is 24.5 Å². The summed E-state index contributed by atoms with van der Waals surface area (Å²) in [5.74, 6) is 0.357. The number of aromatic nitrogens is 1. The van der Waals surface area contributed by atoms with Crippen molar-refractivity contribution in [3.63, 3.8) is 0 Å². The first-order chi connectivity index (χ1) is 16.6. The molecule has 1 aromatic heterocycles. The molecule has 9 nitrogen and oxygen atoms in total. The number of carbonyl (C=O) groups excluding carboxylic acids is 3. The molecule has 180 valence electrons. The number of unbranched alkanes of at least 4 members (excludes halogenated alkanes) is 2. The highest BCUT2D eigenvalue weighted by atomic mass is 16.5. The fourth-order valence-electron chi connectivity index (χ4n) is 5.19. The molecule has 34 heavy (non-hydrogen) atoms. The lowest BCUT2D eigenvalue weighted by molar-refractivity contribution is -0.147. The molecule has 3 aliphatic rings. The molecule has 0 spiro atoms. The van der Waals surface area contributed by atoms with E-state index in [4.69, 9.17) is 4.74 Å². The first-order valence-electron chi connectivity index (χ1n) is 12.2. The molecular weight excluding hydrogens is 434 g/mol. The minimum Gasteiger partial charge on any atom is -0.378 e. The first-order valence-corrected chi connectivity index (χ1v) is 12.2. The van der Waals surface area contributed by atoms with Crippen molar-refractivity contribution < 1.29 is 19.1 Å². The van der Waals surface area contributed by atoms with E-state index in [1.165, 1.54) is 0 Å². The lowest BCUT2D eigenvalue weighted by Crippen LogP contribution is -2.65. The Kier molecular flexibility index (Phi) is 6.73. The average molecular weight is 466 g/mol. The minimum absolute atomic E-state index is 0.0291. The monoisotopic (exact) mass is 465 g/mol. The Balaban J connectivity index is 0.983. The van der Waals surface area contributed by atoms with E-state index in [2.05, 4.69) is 20.9 Å². The zero-order valence-corrected chi connectivity index (χ0v) is 19.2. The van der Waals surface area contributed by atoms with E-state index in [9.17, 15) is 14.4 Å². The molecule has 3 fully saturated rings. The number of benzene rings is 1. The predicted octanol–water partition coefficient (Wildman–Crippen LogP) is 2.13. The zero-order chi connectivity index (χ0) is 23.5. The summed E-state index contributed by atoms with van der Waals surface area (Å²) in [4.78, 5) is 42.8. The summed E-state index contributed by atoms with van der Waals surface area (Å²) in [7, 11) is 0. The number of hydrogen-bond acceptors (Lipinski definition) is 6. The van der Waals surface area contributed by atoms with E-state index < -0.39 is 0 Å². The number of pyridine rings is 1. The Morgan fingerprint density at radius 2 is 2.00 bits per heavy atom. The number of carbonyl (C=O) groups is 3.